The first kappa shape index (κ1) is 14.1. The highest BCUT2D eigenvalue weighted by Crippen LogP contribution is 2.17. The number of benzene rings is 1. The summed E-state index contributed by atoms with van der Waals surface area (Å²) in [5.74, 6) is -0.0215. The molecule has 0 bridgehead atoms. The van der Waals surface area contributed by atoms with Crippen molar-refractivity contribution in [3.63, 3.8) is 0 Å². The molecule has 0 saturated carbocycles. The van der Waals surface area contributed by atoms with E-state index in [0.717, 1.165) is 33.7 Å². The van der Waals surface area contributed by atoms with Crippen LogP contribution in [0.5, 0.6) is 0 Å². The molecule has 0 aliphatic heterocycles. The second-order valence-electron chi connectivity index (χ2n) is 4.19. The van der Waals surface area contributed by atoms with Crippen LogP contribution in [0.15, 0.2) is 28.7 Å². The molecule has 1 heterocycles. The molecule has 0 N–H and O–H groups in total. The van der Waals surface area contributed by atoms with Crippen molar-refractivity contribution in [3.8, 4) is 0 Å². The van der Waals surface area contributed by atoms with E-state index < -0.39 is 0 Å². The van der Waals surface area contributed by atoms with Crippen molar-refractivity contribution in [1.82, 2.24) is 14.5 Å². The highest BCUT2D eigenvalue weighted by molar-refractivity contribution is 9.10. The summed E-state index contributed by atoms with van der Waals surface area (Å²) in [7, 11) is 1.79. The van der Waals surface area contributed by atoms with Crippen LogP contribution in [-0.2, 0) is 13.0 Å². The fraction of sp³-hybridized carbons (Fsp3) is 0.308. The number of carbonyl (C=O) groups is 1. The van der Waals surface area contributed by atoms with E-state index >= 15 is 0 Å². The molecule has 6 heteroatoms. The van der Waals surface area contributed by atoms with E-state index in [1.54, 1.807) is 11.9 Å². The van der Waals surface area contributed by atoms with Crippen LogP contribution >= 0.6 is 27.5 Å². The van der Waals surface area contributed by atoms with Crippen LogP contribution in [0.3, 0.4) is 0 Å². The quantitative estimate of drug-likeness (QED) is 0.859. The molecular formula is C13H14BrN3OS. The monoisotopic (exact) mass is 339 g/mol. The minimum absolute atomic E-state index is 0.0215. The van der Waals surface area contributed by atoms with Crippen molar-refractivity contribution in [3.05, 3.63) is 44.9 Å². The van der Waals surface area contributed by atoms with Gasteiger partial charge in [-0.1, -0.05) is 39.5 Å². The zero-order chi connectivity index (χ0) is 13.8. The Balaban J connectivity index is 2.12. The van der Waals surface area contributed by atoms with Gasteiger partial charge in [-0.3, -0.25) is 4.79 Å². The molecule has 0 radical (unpaired) electrons. The van der Waals surface area contributed by atoms with Gasteiger partial charge in [0.2, 0.25) is 0 Å². The van der Waals surface area contributed by atoms with Crippen LogP contribution in [0.2, 0.25) is 0 Å². The van der Waals surface area contributed by atoms with Crippen molar-refractivity contribution in [1.29, 1.82) is 0 Å². The van der Waals surface area contributed by atoms with Crippen molar-refractivity contribution in [2.45, 2.75) is 19.9 Å². The summed E-state index contributed by atoms with van der Waals surface area (Å²) in [4.78, 5) is 14.6. The van der Waals surface area contributed by atoms with Gasteiger partial charge in [0.15, 0.2) is 0 Å². The van der Waals surface area contributed by atoms with Gasteiger partial charge in [0.05, 0.1) is 5.69 Å². The van der Waals surface area contributed by atoms with E-state index in [4.69, 9.17) is 0 Å². The van der Waals surface area contributed by atoms with Gasteiger partial charge >= 0.3 is 0 Å². The Bertz CT molecular complexity index is 585. The van der Waals surface area contributed by atoms with Crippen molar-refractivity contribution >= 4 is 33.4 Å². The van der Waals surface area contributed by atoms with E-state index in [1.165, 1.54) is 0 Å². The summed E-state index contributed by atoms with van der Waals surface area (Å²) in [6.45, 7) is 2.54. The van der Waals surface area contributed by atoms with Gasteiger partial charge < -0.3 is 4.90 Å². The van der Waals surface area contributed by atoms with Crippen molar-refractivity contribution in [2.75, 3.05) is 7.05 Å². The van der Waals surface area contributed by atoms with E-state index in [0.29, 0.717) is 11.4 Å². The molecule has 0 aliphatic carbocycles. The topological polar surface area (TPSA) is 46.1 Å². The second-order valence-corrected chi connectivity index (χ2v) is 5.86. The largest absolute Gasteiger partial charge is 0.337 e. The molecule has 0 unspecified atom stereocenters. The predicted molar refractivity (Wildman–Crippen MR) is 79.2 cm³/mol. The lowest BCUT2D eigenvalue weighted by Gasteiger charge is -2.16. The predicted octanol–water partition coefficient (Wildman–Crippen LogP) is 3.14. The lowest BCUT2D eigenvalue weighted by molar-refractivity contribution is 0.0788. The number of rotatable bonds is 4. The minimum Gasteiger partial charge on any atom is -0.337 e. The molecule has 19 heavy (non-hydrogen) atoms. The van der Waals surface area contributed by atoms with Crippen LogP contribution in [0.25, 0.3) is 0 Å². The molecule has 1 amide bonds. The number of amides is 1. The summed E-state index contributed by atoms with van der Waals surface area (Å²) >= 11 is 4.59. The molecule has 0 aliphatic rings. The van der Waals surface area contributed by atoms with Crippen LogP contribution < -0.4 is 0 Å². The molecule has 1 aromatic carbocycles. The van der Waals surface area contributed by atoms with Gasteiger partial charge in [0.25, 0.3) is 5.91 Å². The van der Waals surface area contributed by atoms with E-state index in [-0.39, 0.29) is 5.91 Å². The smallest absolute Gasteiger partial charge is 0.267 e. The fourth-order valence-electron chi connectivity index (χ4n) is 1.76. The number of aryl methyl sites for hydroxylation is 1. The SMILES string of the molecule is CCc1nnsc1C(=O)N(C)Cc1cccc(Br)c1. The number of aromatic nitrogens is 2. The van der Waals surface area contributed by atoms with Crippen molar-refractivity contribution in [2.24, 2.45) is 0 Å². The molecule has 0 fully saturated rings. The first-order valence-electron chi connectivity index (χ1n) is 5.93. The lowest BCUT2D eigenvalue weighted by Crippen LogP contribution is -2.26. The third kappa shape index (κ3) is 3.39. The first-order chi connectivity index (χ1) is 9.11. The standard InChI is InChI=1S/C13H14BrN3OS/c1-3-11-12(19-16-15-11)13(18)17(2)8-9-5-4-6-10(14)7-9/h4-7H,3,8H2,1-2H3. The molecule has 0 saturated heterocycles. The summed E-state index contributed by atoms with van der Waals surface area (Å²) in [6.07, 6.45) is 0.725. The number of hydrogen-bond donors (Lipinski definition) is 0. The molecule has 0 spiro atoms. The second kappa shape index (κ2) is 6.25. The maximum Gasteiger partial charge on any atom is 0.267 e. The Morgan fingerprint density at radius 1 is 1.47 bits per heavy atom. The van der Waals surface area contributed by atoms with Gasteiger partial charge in [-0.15, -0.1) is 5.10 Å². The number of hydrogen-bond acceptors (Lipinski definition) is 4. The van der Waals surface area contributed by atoms with Gasteiger partial charge in [0, 0.05) is 18.1 Å². The molecular weight excluding hydrogens is 326 g/mol. The van der Waals surface area contributed by atoms with Crippen molar-refractivity contribution < 1.29 is 4.79 Å². The molecule has 4 nitrogen and oxygen atoms in total. The lowest BCUT2D eigenvalue weighted by atomic mass is 10.2. The molecule has 2 aromatic rings. The highest BCUT2D eigenvalue weighted by atomic mass is 79.9. The van der Waals surface area contributed by atoms with Gasteiger partial charge in [-0.05, 0) is 35.6 Å². The fourth-order valence-corrected chi connectivity index (χ4v) is 2.95. The molecule has 1 aromatic heterocycles. The minimum atomic E-state index is -0.0215. The third-order valence-electron chi connectivity index (χ3n) is 2.74. The van der Waals surface area contributed by atoms with Crippen LogP contribution in [0.1, 0.15) is 27.9 Å². The zero-order valence-electron chi connectivity index (χ0n) is 10.8. The third-order valence-corrected chi connectivity index (χ3v) is 3.99. The molecule has 2 rings (SSSR count). The Labute approximate surface area is 124 Å². The summed E-state index contributed by atoms with van der Waals surface area (Å²) in [6, 6.07) is 7.94. The van der Waals surface area contributed by atoms with E-state index in [2.05, 4.69) is 25.5 Å². The normalized spacial score (nSPS) is 10.5. The Morgan fingerprint density at radius 3 is 2.95 bits per heavy atom. The van der Waals surface area contributed by atoms with Gasteiger partial charge in [-0.25, -0.2) is 0 Å². The summed E-state index contributed by atoms with van der Waals surface area (Å²) < 4.78 is 4.87. The van der Waals surface area contributed by atoms with E-state index in [1.807, 2.05) is 31.2 Å². The Kier molecular flexibility index (Phi) is 4.66. The highest BCUT2D eigenvalue weighted by Gasteiger charge is 2.19. The van der Waals surface area contributed by atoms with E-state index in [9.17, 15) is 4.79 Å². The average Bonchev–Trinajstić information content (AvgIpc) is 2.86. The van der Waals surface area contributed by atoms with Crippen LogP contribution in [0, 0.1) is 0 Å². The first-order valence-corrected chi connectivity index (χ1v) is 7.49. The number of carbonyl (C=O) groups excluding carboxylic acids is 1. The Morgan fingerprint density at radius 2 is 2.26 bits per heavy atom. The summed E-state index contributed by atoms with van der Waals surface area (Å²) in [5, 5.41) is 3.97. The van der Waals surface area contributed by atoms with Gasteiger partial charge in [-0.2, -0.15) is 0 Å². The molecule has 0 atom stereocenters. The van der Waals surface area contributed by atoms with Crippen LogP contribution in [0.4, 0.5) is 0 Å². The zero-order valence-corrected chi connectivity index (χ0v) is 13.2. The summed E-state index contributed by atoms with van der Waals surface area (Å²) in [5.41, 5.74) is 1.86. The average molecular weight is 340 g/mol. The van der Waals surface area contributed by atoms with Crippen LogP contribution in [-0.4, -0.2) is 27.4 Å². The van der Waals surface area contributed by atoms with Gasteiger partial charge in [0.1, 0.15) is 4.88 Å². The maximum atomic E-state index is 12.3. The number of halogens is 1. The maximum absolute atomic E-state index is 12.3. The Hall–Kier alpha value is -1.27. The molecule has 100 valence electrons. The number of nitrogens with zero attached hydrogens (tertiary/aromatic N) is 3.